The maximum Gasteiger partial charge on any atom is 0.441 e. The van der Waals surface area contributed by atoms with Crippen LogP contribution in [0.5, 0.6) is 0 Å². The van der Waals surface area contributed by atoms with E-state index in [9.17, 15) is 13.2 Å². The second kappa shape index (κ2) is 5.88. The van der Waals surface area contributed by atoms with Crippen molar-refractivity contribution in [2.24, 2.45) is 5.73 Å². The first-order valence-electron chi connectivity index (χ1n) is 5.99. The van der Waals surface area contributed by atoms with Crippen LogP contribution in [0.4, 0.5) is 13.2 Å². The molecular formula is C13H15F3N2S. The Bertz CT molecular complexity index is 548. The molecule has 2 rings (SSSR count). The fourth-order valence-corrected chi connectivity index (χ4v) is 2.66. The van der Waals surface area contributed by atoms with Gasteiger partial charge in [-0.3, -0.25) is 0 Å². The number of alkyl halides is 3. The Morgan fingerprint density at radius 2 is 2.00 bits per heavy atom. The molecule has 0 radical (unpaired) electrons. The van der Waals surface area contributed by atoms with Gasteiger partial charge in [-0.05, 0) is 41.7 Å². The predicted octanol–water partition coefficient (Wildman–Crippen LogP) is 3.40. The van der Waals surface area contributed by atoms with Gasteiger partial charge in [0.05, 0.1) is 5.52 Å². The van der Waals surface area contributed by atoms with E-state index < -0.39 is 5.51 Å². The highest BCUT2D eigenvalue weighted by atomic mass is 32.2. The fourth-order valence-electron chi connectivity index (χ4n) is 2.14. The zero-order chi connectivity index (χ0) is 13.9. The van der Waals surface area contributed by atoms with Gasteiger partial charge in [-0.15, -0.1) is 0 Å². The van der Waals surface area contributed by atoms with Crippen LogP contribution >= 0.6 is 11.8 Å². The van der Waals surface area contributed by atoms with Crippen LogP contribution in [0.25, 0.3) is 10.9 Å². The molecule has 1 aromatic heterocycles. The molecule has 104 valence electrons. The SMILES string of the molecule is NCCc1cccc2ccn(CCSC(F)(F)F)c12. The highest BCUT2D eigenvalue weighted by Crippen LogP contribution is 2.30. The van der Waals surface area contributed by atoms with Gasteiger partial charge in [0.2, 0.25) is 0 Å². The summed E-state index contributed by atoms with van der Waals surface area (Å²) in [6, 6.07) is 7.81. The normalized spacial score (nSPS) is 12.2. The van der Waals surface area contributed by atoms with Gasteiger partial charge in [0, 0.05) is 18.5 Å². The lowest BCUT2D eigenvalue weighted by Gasteiger charge is -2.10. The summed E-state index contributed by atoms with van der Waals surface area (Å²) in [7, 11) is 0. The van der Waals surface area contributed by atoms with Crippen molar-refractivity contribution < 1.29 is 13.2 Å². The molecule has 2 nitrogen and oxygen atoms in total. The van der Waals surface area contributed by atoms with E-state index in [2.05, 4.69) is 0 Å². The first-order valence-corrected chi connectivity index (χ1v) is 6.97. The summed E-state index contributed by atoms with van der Waals surface area (Å²) in [5.74, 6) is 0.0181. The third-order valence-corrected chi connectivity index (χ3v) is 3.60. The van der Waals surface area contributed by atoms with Crippen molar-refractivity contribution in [3.05, 3.63) is 36.0 Å². The zero-order valence-electron chi connectivity index (χ0n) is 10.3. The van der Waals surface area contributed by atoms with E-state index in [0.29, 0.717) is 13.1 Å². The standard InChI is InChI=1S/C13H15F3N2S/c14-13(15,16)19-9-8-18-7-5-11-3-1-2-10(4-6-17)12(11)18/h1-3,5,7H,4,6,8-9,17H2. The number of rotatable bonds is 5. The lowest BCUT2D eigenvalue weighted by atomic mass is 10.1. The van der Waals surface area contributed by atoms with Crippen LogP contribution in [-0.4, -0.2) is 22.4 Å². The number of aryl methyl sites for hydroxylation is 1. The Morgan fingerprint density at radius 1 is 1.21 bits per heavy atom. The largest absolute Gasteiger partial charge is 0.441 e. The molecule has 0 atom stereocenters. The number of para-hydroxylation sites is 1. The molecule has 1 aromatic carbocycles. The van der Waals surface area contributed by atoms with Crippen molar-refractivity contribution >= 4 is 22.7 Å². The summed E-state index contributed by atoms with van der Waals surface area (Å²) in [4.78, 5) is 0. The van der Waals surface area contributed by atoms with Crippen molar-refractivity contribution in [2.45, 2.75) is 18.5 Å². The van der Waals surface area contributed by atoms with Gasteiger partial charge in [-0.2, -0.15) is 13.2 Å². The molecule has 19 heavy (non-hydrogen) atoms. The zero-order valence-corrected chi connectivity index (χ0v) is 11.1. The molecule has 0 saturated carbocycles. The third kappa shape index (κ3) is 3.67. The average molecular weight is 288 g/mol. The third-order valence-electron chi connectivity index (χ3n) is 2.88. The molecular weight excluding hydrogens is 273 g/mol. The van der Waals surface area contributed by atoms with Crippen LogP contribution in [0.15, 0.2) is 30.5 Å². The molecule has 0 fully saturated rings. The smallest absolute Gasteiger partial charge is 0.346 e. The molecule has 0 aliphatic heterocycles. The number of hydrogen-bond donors (Lipinski definition) is 1. The molecule has 0 spiro atoms. The maximum atomic E-state index is 12.1. The molecule has 0 saturated heterocycles. The average Bonchev–Trinajstić information content (AvgIpc) is 2.73. The minimum absolute atomic E-state index is 0.0140. The van der Waals surface area contributed by atoms with Crippen molar-refractivity contribution in [1.82, 2.24) is 4.57 Å². The Hall–Kier alpha value is -1.14. The highest BCUT2D eigenvalue weighted by Gasteiger charge is 2.27. The van der Waals surface area contributed by atoms with E-state index >= 15 is 0 Å². The number of thioether (sulfide) groups is 1. The van der Waals surface area contributed by atoms with E-state index in [-0.39, 0.29) is 17.5 Å². The number of halogens is 3. The van der Waals surface area contributed by atoms with Crippen LogP contribution in [0.1, 0.15) is 5.56 Å². The van der Waals surface area contributed by atoms with Crippen LogP contribution in [0, 0.1) is 0 Å². The monoisotopic (exact) mass is 288 g/mol. The number of fused-ring (bicyclic) bond motifs is 1. The van der Waals surface area contributed by atoms with E-state index in [0.717, 1.165) is 22.9 Å². The minimum atomic E-state index is -4.16. The van der Waals surface area contributed by atoms with Crippen molar-refractivity contribution in [3.8, 4) is 0 Å². The van der Waals surface area contributed by atoms with Crippen molar-refractivity contribution in [1.29, 1.82) is 0 Å². The number of benzene rings is 1. The fraction of sp³-hybridized carbons (Fsp3) is 0.385. The highest BCUT2D eigenvalue weighted by molar-refractivity contribution is 8.00. The predicted molar refractivity (Wildman–Crippen MR) is 73.2 cm³/mol. The van der Waals surface area contributed by atoms with E-state index in [1.807, 2.05) is 35.0 Å². The lowest BCUT2D eigenvalue weighted by molar-refractivity contribution is -0.0328. The second-order valence-electron chi connectivity index (χ2n) is 4.20. The number of nitrogens with two attached hydrogens (primary N) is 1. The minimum Gasteiger partial charge on any atom is -0.346 e. The number of hydrogen-bond acceptors (Lipinski definition) is 2. The topological polar surface area (TPSA) is 30.9 Å². The van der Waals surface area contributed by atoms with Gasteiger partial charge in [0.15, 0.2) is 0 Å². The maximum absolute atomic E-state index is 12.1. The molecule has 1 heterocycles. The van der Waals surface area contributed by atoms with Crippen LogP contribution in [0.2, 0.25) is 0 Å². The molecule has 0 amide bonds. The van der Waals surface area contributed by atoms with Crippen molar-refractivity contribution in [3.63, 3.8) is 0 Å². The van der Waals surface area contributed by atoms with Crippen molar-refractivity contribution in [2.75, 3.05) is 12.3 Å². The molecule has 0 unspecified atom stereocenters. The summed E-state index contributed by atoms with van der Waals surface area (Å²) in [6.45, 7) is 0.872. The Labute approximate surface area is 113 Å². The van der Waals surface area contributed by atoms with Crippen LogP contribution in [0.3, 0.4) is 0 Å². The summed E-state index contributed by atoms with van der Waals surface area (Å²) in [5, 5.41) is 1.04. The van der Waals surface area contributed by atoms with E-state index in [1.54, 1.807) is 0 Å². The molecule has 0 aliphatic carbocycles. The van der Waals surface area contributed by atoms with Gasteiger partial charge >= 0.3 is 5.51 Å². The second-order valence-corrected chi connectivity index (χ2v) is 5.36. The summed E-state index contributed by atoms with van der Waals surface area (Å²) < 4.78 is 38.3. The Balaban J connectivity index is 2.19. The molecule has 2 aromatic rings. The van der Waals surface area contributed by atoms with Gasteiger partial charge in [0.25, 0.3) is 0 Å². The molecule has 0 aliphatic rings. The quantitative estimate of drug-likeness (QED) is 0.914. The summed E-state index contributed by atoms with van der Waals surface area (Å²) in [5.41, 5.74) is 3.48. The summed E-state index contributed by atoms with van der Waals surface area (Å²) in [6.07, 6.45) is 2.56. The molecule has 2 N–H and O–H groups in total. The van der Waals surface area contributed by atoms with Gasteiger partial charge in [0.1, 0.15) is 0 Å². The Kier molecular flexibility index (Phi) is 4.42. The lowest BCUT2D eigenvalue weighted by Crippen LogP contribution is -2.08. The van der Waals surface area contributed by atoms with E-state index in [4.69, 9.17) is 5.73 Å². The number of aromatic nitrogens is 1. The number of nitrogens with zero attached hydrogens (tertiary/aromatic N) is 1. The Morgan fingerprint density at radius 3 is 2.68 bits per heavy atom. The van der Waals surface area contributed by atoms with E-state index in [1.165, 1.54) is 0 Å². The van der Waals surface area contributed by atoms with Crippen LogP contribution < -0.4 is 5.73 Å². The van der Waals surface area contributed by atoms with Gasteiger partial charge in [-0.25, -0.2) is 0 Å². The van der Waals surface area contributed by atoms with Gasteiger partial charge in [-0.1, -0.05) is 18.2 Å². The van der Waals surface area contributed by atoms with Crippen LogP contribution in [-0.2, 0) is 13.0 Å². The molecule has 6 heteroatoms. The van der Waals surface area contributed by atoms with Gasteiger partial charge < -0.3 is 10.3 Å². The summed E-state index contributed by atoms with van der Waals surface area (Å²) >= 11 is 0.0140. The first kappa shape index (κ1) is 14.3. The molecule has 0 bridgehead atoms. The first-order chi connectivity index (χ1) is 9.01.